The van der Waals surface area contributed by atoms with Gasteiger partial charge >= 0.3 is 0 Å². The zero-order valence-electron chi connectivity index (χ0n) is 8.64. The van der Waals surface area contributed by atoms with E-state index in [0.29, 0.717) is 13.1 Å². The Morgan fingerprint density at radius 3 is 2.15 bits per heavy atom. The Morgan fingerprint density at radius 1 is 1.38 bits per heavy atom. The lowest BCUT2D eigenvalue weighted by Crippen LogP contribution is -2.41. The van der Waals surface area contributed by atoms with E-state index in [1.54, 1.807) is 25.7 Å². The summed E-state index contributed by atoms with van der Waals surface area (Å²) in [5.41, 5.74) is -1.09. The fraction of sp³-hybridized carbons (Fsp3) is 0.900. The standard InChI is InChI=1S/C10H18FNO/c1-8(13)12-6-4-9(5-7-12)10(2,3)11/h9H,4-7H2,1-3H3. The van der Waals surface area contributed by atoms with Gasteiger partial charge < -0.3 is 4.90 Å². The summed E-state index contributed by atoms with van der Waals surface area (Å²) in [5, 5.41) is 0. The van der Waals surface area contributed by atoms with Crippen LogP contribution in [0.2, 0.25) is 0 Å². The molecule has 0 N–H and O–H groups in total. The second-order valence-corrected chi connectivity index (χ2v) is 4.34. The number of piperidine rings is 1. The summed E-state index contributed by atoms with van der Waals surface area (Å²) >= 11 is 0. The van der Waals surface area contributed by atoms with Gasteiger partial charge in [0, 0.05) is 20.0 Å². The number of hydrogen-bond donors (Lipinski definition) is 0. The number of alkyl halides is 1. The second kappa shape index (κ2) is 3.64. The summed E-state index contributed by atoms with van der Waals surface area (Å²) in [6.07, 6.45) is 1.59. The quantitative estimate of drug-likeness (QED) is 0.614. The molecule has 76 valence electrons. The first kappa shape index (κ1) is 10.5. The first-order chi connectivity index (χ1) is 5.91. The summed E-state index contributed by atoms with van der Waals surface area (Å²) in [7, 11) is 0. The molecular weight excluding hydrogens is 169 g/mol. The van der Waals surface area contributed by atoms with Crippen LogP contribution in [-0.4, -0.2) is 29.6 Å². The molecule has 0 aromatic heterocycles. The molecule has 1 fully saturated rings. The number of nitrogens with zero attached hydrogens (tertiary/aromatic N) is 1. The number of rotatable bonds is 1. The van der Waals surface area contributed by atoms with Crippen LogP contribution in [0.1, 0.15) is 33.6 Å². The molecule has 0 atom stereocenters. The Labute approximate surface area is 79.1 Å². The molecule has 0 unspecified atom stereocenters. The van der Waals surface area contributed by atoms with E-state index >= 15 is 0 Å². The smallest absolute Gasteiger partial charge is 0.219 e. The van der Waals surface area contributed by atoms with Crippen molar-refractivity contribution in [2.45, 2.75) is 39.3 Å². The van der Waals surface area contributed by atoms with Crippen LogP contribution in [0.4, 0.5) is 4.39 Å². The average molecular weight is 187 g/mol. The van der Waals surface area contributed by atoms with Crippen molar-refractivity contribution in [3.63, 3.8) is 0 Å². The summed E-state index contributed by atoms with van der Waals surface area (Å²) in [6, 6.07) is 0. The minimum absolute atomic E-state index is 0.107. The minimum Gasteiger partial charge on any atom is -0.343 e. The molecule has 1 saturated heterocycles. The van der Waals surface area contributed by atoms with Crippen molar-refractivity contribution in [2.75, 3.05) is 13.1 Å². The van der Waals surface area contributed by atoms with Crippen LogP contribution in [0, 0.1) is 5.92 Å². The fourth-order valence-electron chi connectivity index (χ4n) is 1.88. The van der Waals surface area contributed by atoms with Gasteiger partial charge in [-0.15, -0.1) is 0 Å². The number of hydrogen-bond acceptors (Lipinski definition) is 1. The number of carbonyl (C=O) groups is 1. The van der Waals surface area contributed by atoms with Gasteiger partial charge in [-0.05, 0) is 32.6 Å². The van der Waals surface area contributed by atoms with Crippen LogP contribution in [0.5, 0.6) is 0 Å². The molecule has 0 aromatic carbocycles. The Morgan fingerprint density at radius 2 is 1.85 bits per heavy atom. The van der Waals surface area contributed by atoms with Crippen LogP contribution >= 0.6 is 0 Å². The minimum atomic E-state index is -1.09. The average Bonchev–Trinajstić information content (AvgIpc) is 2.03. The van der Waals surface area contributed by atoms with Crippen molar-refractivity contribution >= 4 is 5.91 Å². The molecular formula is C10H18FNO. The normalized spacial score (nSPS) is 20.5. The summed E-state index contributed by atoms with van der Waals surface area (Å²) in [5.74, 6) is 0.221. The Balaban J connectivity index is 2.44. The van der Waals surface area contributed by atoms with Crippen LogP contribution in [0.15, 0.2) is 0 Å². The Hall–Kier alpha value is -0.600. The highest BCUT2D eigenvalue weighted by atomic mass is 19.1. The van der Waals surface area contributed by atoms with E-state index in [2.05, 4.69) is 0 Å². The van der Waals surface area contributed by atoms with E-state index in [-0.39, 0.29) is 11.8 Å². The Kier molecular flexibility index (Phi) is 2.94. The maximum Gasteiger partial charge on any atom is 0.219 e. The highest BCUT2D eigenvalue weighted by Crippen LogP contribution is 2.30. The molecule has 1 aliphatic heterocycles. The molecule has 0 radical (unpaired) electrons. The Bertz CT molecular complexity index is 190. The number of halogens is 1. The fourth-order valence-corrected chi connectivity index (χ4v) is 1.88. The van der Waals surface area contributed by atoms with Gasteiger partial charge in [0.25, 0.3) is 0 Å². The highest BCUT2D eigenvalue weighted by Gasteiger charge is 2.32. The first-order valence-electron chi connectivity index (χ1n) is 4.85. The molecule has 0 bridgehead atoms. The van der Waals surface area contributed by atoms with Gasteiger partial charge in [-0.2, -0.15) is 0 Å². The molecule has 0 saturated carbocycles. The van der Waals surface area contributed by atoms with Crippen molar-refractivity contribution in [1.82, 2.24) is 4.90 Å². The van der Waals surface area contributed by atoms with E-state index in [9.17, 15) is 9.18 Å². The summed E-state index contributed by atoms with van der Waals surface area (Å²) in [6.45, 7) is 6.25. The van der Waals surface area contributed by atoms with Gasteiger partial charge in [-0.3, -0.25) is 4.79 Å². The number of carbonyl (C=O) groups excluding carboxylic acids is 1. The third-order valence-electron chi connectivity index (χ3n) is 2.91. The lowest BCUT2D eigenvalue weighted by Gasteiger charge is -2.36. The molecule has 0 aliphatic carbocycles. The maximum absolute atomic E-state index is 13.5. The molecule has 1 aliphatic rings. The van der Waals surface area contributed by atoms with Crippen LogP contribution in [0.25, 0.3) is 0 Å². The van der Waals surface area contributed by atoms with Crippen molar-refractivity contribution in [1.29, 1.82) is 0 Å². The van der Waals surface area contributed by atoms with Crippen molar-refractivity contribution < 1.29 is 9.18 Å². The third kappa shape index (κ3) is 2.68. The highest BCUT2D eigenvalue weighted by molar-refractivity contribution is 5.73. The van der Waals surface area contributed by atoms with Crippen molar-refractivity contribution in [3.8, 4) is 0 Å². The van der Waals surface area contributed by atoms with Gasteiger partial charge in [-0.25, -0.2) is 4.39 Å². The van der Waals surface area contributed by atoms with E-state index in [1.807, 2.05) is 0 Å². The lowest BCUT2D eigenvalue weighted by molar-refractivity contribution is -0.130. The molecule has 1 amide bonds. The van der Waals surface area contributed by atoms with Crippen molar-refractivity contribution in [3.05, 3.63) is 0 Å². The molecule has 0 spiro atoms. The maximum atomic E-state index is 13.5. The van der Waals surface area contributed by atoms with Gasteiger partial charge in [0.2, 0.25) is 5.91 Å². The van der Waals surface area contributed by atoms with Crippen LogP contribution in [0.3, 0.4) is 0 Å². The monoisotopic (exact) mass is 187 g/mol. The summed E-state index contributed by atoms with van der Waals surface area (Å²) in [4.78, 5) is 12.8. The zero-order chi connectivity index (χ0) is 10.1. The first-order valence-corrected chi connectivity index (χ1v) is 4.85. The molecule has 2 nitrogen and oxygen atoms in total. The molecule has 13 heavy (non-hydrogen) atoms. The zero-order valence-corrected chi connectivity index (χ0v) is 8.64. The number of amides is 1. The summed E-state index contributed by atoms with van der Waals surface area (Å²) < 4.78 is 13.5. The molecule has 1 rings (SSSR count). The van der Waals surface area contributed by atoms with Gasteiger partial charge in [0.1, 0.15) is 5.67 Å². The van der Waals surface area contributed by atoms with Crippen molar-refractivity contribution in [2.24, 2.45) is 5.92 Å². The van der Waals surface area contributed by atoms with Gasteiger partial charge in [0.05, 0.1) is 0 Å². The molecule has 0 aromatic rings. The number of likely N-dealkylation sites (tertiary alicyclic amines) is 1. The van der Waals surface area contributed by atoms with E-state index in [0.717, 1.165) is 12.8 Å². The predicted octanol–water partition coefficient (Wildman–Crippen LogP) is 1.99. The van der Waals surface area contributed by atoms with Gasteiger partial charge in [0.15, 0.2) is 0 Å². The SMILES string of the molecule is CC(=O)N1CCC(C(C)(C)F)CC1. The topological polar surface area (TPSA) is 20.3 Å². The second-order valence-electron chi connectivity index (χ2n) is 4.34. The van der Waals surface area contributed by atoms with Crippen LogP contribution < -0.4 is 0 Å². The largest absolute Gasteiger partial charge is 0.343 e. The van der Waals surface area contributed by atoms with E-state index < -0.39 is 5.67 Å². The molecule has 3 heteroatoms. The third-order valence-corrected chi connectivity index (χ3v) is 2.91. The molecule has 1 heterocycles. The van der Waals surface area contributed by atoms with Gasteiger partial charge in [-0.1, -0.05) is 0 Å². The lowest BCUT2D eigenvalue weighted by atomic mass is 9.84. The van der Waals surface area contributed by atoms with E-state index in [1.165, 1.54) is 0 Å². The van der Waals surface area contributed by atoms with Crippen LogP contribution in [-0.2, 0) is 4.79 Å². The van der Waals surface area contributed by atoms with E-state index in [4.69, 9.17) is 0 Å². The predicted molar refractivity (Wildman–Crippen MR) is 50.2 cm³/mol.